The minimum absolute atomic E-state index is 0.745. The van der Waals surface area contributed by atoms with Crippen LogP contribution in [0.4, 0.5) is 0 Å². The Morgan fingerprint density at radius 3 is 1.02 bits per heavy atom. The smallest absolute Gasteiger partial charge is 0.0623 e. The van der Waals surface area contributed by atoms with Gasteiger partial charge >= 0.3 is 0 Å². The van der Waals surface area contributed by atoms with Crippen LogP contribution in [-0.4, -0.2) is 16.1 Å². The van der Waals surface area contributed by atoms with Gasteiger partial charge in [-0.2, -0.15) is 0 Å². The third kappa shape index (κ3) is 4.12. The highest BCUT2D eigenvalue weighted by atomic mass is 28.3. The molecule has 0 bridgehead atoms. The number of rotatable bonds is 4. The molecule has 2 heterocycles. The van der Waals surface area contributed by atoms with E-state index in [1.807, 2.05) is 0 Å². The normalized spacial score (nSPS) is 19.5. The first-order valence-corrected chi connectivity index (χ1v) is 24.1. The van der Waals surface area contributed by atoms with Gasteiger partial charge in [0.05, 0.1) is 0 Å². The fraction of sp³-hybridized carbons (Fsp3) is 0.265. The first-order valence-electron chi connectivity index (χ1n) is 20.0. The Balaban J connectivity index is 1.13. The molecule has 0 radical (unpaired) electrons. The molecule has 2 fully saturated rings. The summed E-state index contributed by atoms with van der Waals surface area (Å²) in [4.78, 5) is 0. The lowest BCUT2D eigenvalue weighted by Gasteiger charge is -2.41. The average Bonchev–Trinajstić information content (AvgIpc) is 3.83. The average molecular weight is 691 g/mol. The maximum Gasteiger partial charge on any atom is 0.152 e. The molecule has 0 nitrogen and oxygen atoms in total. The van der Waals surface area contributed by atoms with E-state index in [4.69, 9.17) is 0 Å². The Morgan fingerprint density at radius 1 is 0.333 bits per heavy atom. The van der Waals surface area contributed by atoms with Crippen LogP contribution in [-0.2, 0) is 6.42 Å². The van der Waals surface area contributed by atoms with Gasteiger partial charge in [-0.05, 0) is 93.1 Å². The van der Waals surface area contributed by atoms with Crippen molar-refractivity contribution in [3.05, 3.63) is 145 Å². The van der Waals surface area contributed by atoms with Gasteiger partial charge in [0.2, 0.25) is 0 Å². The highest BCUT2D eigenvalue weighted by Crippen LogP contribution is 2.46. The third-order valence-electron chi connectivity index (χ3n) is 14.2. The molecule has 6 aromatic rings. The molecule has 0 unspecified atom stereocenters. The van der Waals surface area contributed by atoms with E-state index in [9.17, 15) is 0 Å². The van der Waals surface area contributed by atoms with E-state index >= 15 is 0 Å². The lowest BCUT2D eigenvalue weighted by Crippen LogP contribution is -2.68. The summed E-state index contributed by atoms with van der Waals surface area (Å²) in [6, 6.07) is 54.0. The van der Waals surface area contributed by atoms with Crippen molar-refractivity contribution < 1.29 is 0 Å². The second-order valence-electron chi connectivity index (χ2n) is 16.4. The van der Waals surface area contributed by atoms with Crippen LogP contribution in [0.15, 0.2) is 133 Å². The lowest BCUT2D eigenvalue weighted by atomic mass is 10.0. The molecule has 0 saturated heterocycles. The zero-order chi connectivity index (χ0) is 33.6. The first kappa shape index (κ1) is 30.4. The van der Waals surface area contributed by atoms with Gasteiger partial charge in [0.15, 0.2) is 16.1 Å². The summed E-state index contributed by atoms with van der Waals surface area (Å²) in [5.41, 5.74) is 13.6. The van der Waals surface area contributed by atoms with Gasteiger partial charge in [-0.25, -0.2) is 0 Å². The Bertz CT molecular complexity index is 2080. The summed E-state index contributed by atoms with van der Waals surface area (Å²) in [6.45, 7) is 0. The van der Waals surface area contributed by atoms with Crippen molar-refractivity contribution >= 4 is 47.3 Å². The highest BCUT2D eigenvalue weighted by molar-refractivity contribution is 7.15. The van der Waals surface area contributed by atoms with Crippen LogP contribution >= 0.6 is 0 Å². The van der Waals surface area contributed by atoms with E-state index < -0.39 is 16.1 Å². The molecule has 2 aliphatic heterocycles. The van der Waals surface area contributed by atoms with Crippen LogP contribution in [0.5, 0.6) is 0 Å². The molecule has 11 rings (SSSR count). The van der Waals surface area contributed by atoms with Crippen molar-refractivity contribution in [1.29, 1.82) is 0 Å². The van der Waals surface area contributed by atoms with Gasteiger partial charge in [-0.1, -0.05) is 198 Å². The maximum atomic E-state index is 2.75. The Hall–Kier alpha value is -4.25. The van der Waals surface area contributed by atoms with Gasteiger partial charge in [0, 0.05) is 0 Å². The van der Waals surface area contributed by atoms with Gasteiger partial charge in [-0.3, -0.25) is 0 Å². The van der Waals surface area contributed by atoms with Crippen LogP contribution in [0.3, 0.4) is 0 Å². The number of benzene rings is 6. The standard InChI is InChI=1S/C49H46Si2/c1-3-15-36(16-4-1)50(46-23-11-7-19-40(46)41-20-8-12-24-47(41)50)38-29-27-34-31-35-28-30-39(33-45(35)44(34)32-38)51(37-17-5-2-6-18-37)48-25-13-9-21-42(48)43-22-10-14-26-49(43)51/h7-14,19-30,32-33,36-37H,1-6,15-18,31H2. The van der Waals surface area contributed by atoms with Crippen molar-refractivity contribution in [3.8, 4) is 33.4 Å². The van der Waals surface area contributed by atoms with Crippen LogP contribution in [0.2, 0.25) is 11.1 Å². The molecule has 0 N–H and O–H groups in total. The van der Waals surface area contributed by atoms with Crippen molar-refractivity contribution in [2.75, 3.05) is 0 Å². The molecular formula is C49H46Si2. The van der Waals surface area contributed by atoms with Gasteiger partial charge < -0.3 is 0 Å². The summed E-state index contributed by atoms with van der Waals surface area (Å²) in [7, 11) is -4.56. The van der Waals surface area contributed by atoms with E-state index in [2.05, 4.69) is 133 Å². The summed E-state index contributed by atoms with van der Waals surface area (Å²) in [6.07, 6.45) is 14.8. The molecule has 5 aliphatic rings. The zero-order valence-corrected chi connectivity index (χ0v) is 31.6. The maximum absolute atomic E-state index is 2.75. The minimum atomic E-state index is -2.28. The van der Waals surface area contributed by atoms with E-state index in [1.54, 1.807) is 31.1 Å². The van der Waals surface area contributed by atoms with Crippen LogP contribution in [0.1, 0.15) is 75.3 Å². The molecule has 51 heavy (non-hydrogen) atoms. The van der Waals surface area contributed by atoms with E-state index in [-0.39, 0.29) is 0 Å². The molecule has 0 aromatic heterocycles. The molecule has 0 spiro atoms. The largest absolute Gasteiger partial charge is 0.152 e. The summed E-state index contributed by atoms with van der Waals surface area (Å²) in [5.74, 6) is 0. The SMILES string of the molecule is c1ccc2c(c1)-c1ccccc1[Si]2(c1ccc2c(c1)-c1cc([Si]3(C4CCCCC4)c4ccccc4-c4ccccc43)ccc1C2)C1CCCCC1. The zero-order valence-electron chi connectivity index (χ0n) is 29.6. The third-order valence-corrected chi connectivity index (χ3v) is 25.4. The molecule has 0 amide bonds. The molecule has 6 aromatic carbocycles. The second-order valence-corrected chi connectivity index (χ2v) is 24.6. The number of fused-ring (bicyclic) bond motifs is 9. The van der Waals surface area contributed by atoms with Crippen LogP contribution in [0.25, 0.3) is 33.4 Å². The first-order chi connectivity index (χ1) is 25.3. The van der Waals surface area contributed by atoms with Crippen LogP contribution < -0.4 is 31.1 Å². The fourth-order valence-electron chi connectivity index (χ4n) is 12.2. The topological polar surface area (TPSA) is 0 Å². The monoisotopic (exact) mass is 690 g/mol. The minimum Gasteiger partial charge on any atom is -0.0623 e. The van der Waals surface area contributed by atoms with Crippen LogP contribution in [0, 0.1) is 0 Å². The van der Waals surface area contributed by atoms with Crippen molar-refractivity contribution in [2.24, 2.45) is 0 Å². The quantitative estimate of drug-likeness (QED) is 0.162. The highest BCUT2D eigenvalue weighted by Gasteiger charge is 2.54. The van der Waals surface area contributed by atoms with Gasteiger partial charge in [-0.15, -0.1) is 0 Å². The van der Waals surface area contributed by atoms with E-state index in [0.717, 1.165) is 17.5 Å². The molecule has 2 saturated carbocycles. The Morgan fingerprint density at radius 2 is 0.667 bits per heavy atom. The predicted molar refractivity (Wildman–Crippen MR) is 221 cm³/mol. The second kappa shape index (κ2) is 11.6. The van der Waals surface area contributed by atoms with Gasteiger partial charge in [0.1, 0.15) is 0 Å². The van der Waals surface area contributed by atoms with Crippen molar-refractivity contribution in [1.82, 2.24) is 0 Å². The van der Waals surface area contributed by atoms with E-state index in [0.29, 0.717) is 0 Å². The van der Waals surface area contributed by atoms with E-state index in [1.165, 1.54) is 109 Å². The lowest BCUT2D eigenvalue weighted by molar-refractivity contribution is 0.497. The number of hydrogen-bond acceptors (Lipinski definition) is 0. The molecule has 3 aliphatic carbocycles. The number of hydrogen-bond donors (Lipinski definition) is 0. The predicted octanol–water partition coefficient (Wildman–Crippen LogP) is 8.83. The summed E-state index contributed by atoms with van der Waals surface area (Å²) < 4.78 is 0. The Labute approximate surface area is 305 Å². The van der Waals surface area contributed by atoms with Crippen molar-refractivity contribution in [2.45, 2.75) is 81.7 Å². The molecule has 0 atom stereocenters. The van der Waals surface area contributed by atoms with Crippen molar-refractivity contribution in [3.63, 3.8) is 0 Å². The molecule has 2 heteroatoms. The summed E-state index contributed by atoms with van der Waals surface area (Å²) in [5, 5.41) is 10.0. The Kier molecular flexibility index (Phi) is 6.93. The molecule has 250 valence electrons. The summed E-state index contributed by atoms with van der Waals surface area (Å²) >= 11 is 0. The van der Waals surface area contributed by atoms with Gasteiger partial charge in [0.25, 0.3) is 0 Å². The fourth-order valence-corrected chi connectivity index (χ4v) is 24.8. The molecular weight excluding hydrogens is 645 g/mol.